The van der Waals surface area contributed by atoms with Gasteiger partial charge >= 0.3 is 0 Å². The van der Waals surface area contributed by atoms with Crippen molar-refractivity contribution >= 4 is 34.9 Å². The first-order valence-electron chi connectivity index (χ1n) is 9.41. The molecule has 0 radical (unpaired) electrons. The fraction of sp³-hybridized carbons (Fsp3) is 0.200. The Bertz CT molecular complexity index is 1110. The quantitative estimate of drug-likeness (QED) is 0.419. The van der Waals surface area contributed by atoms with Crippen molar-refractivity contribution in [2.75, 3.05) is 31.3 Å². The number of nitro groups is 2. The molecule has 11 heteroatoms. The topological polar surface area (TPSA) is 131 Å². The van der Waals surface area contributed by atoms with Crippen molar-refractivity contribution < 1.29 is 19.4 Å². The van der Waals surface area contributed by atoms with Crippen LogP contribution in [0.25, 0.3) is 6.08 Å². The van der Waals surface area contributed by atoms with Crippen LogP contribution >= 0.6 is 0 Å². The predicted molar refractivity (Wildman–Crippen MR) is 111 cm³/mol. The first-order valence-corrected chi connectivity index (χ1v) is 9.41. The molecule has 1 fully saturated rings. The summed E-state index contributed by atoms with van der Waals surface area (Å²) in [6.45, 7) is 2.03. The molecule has 0 spiro atoms. The van der Waals surface area contributed by atoms with E-state index in [0.717, 1.165) is 0 Å². The lowest BCUT2D eigenvalue weighted by Crippen LogP contribution is -2.41. The van der Waals surface area contributed by atoms with Gasteiger partial charge in [0.15, 0.2) is 5.84 Å². The Morgan fingerprint density at radius 1 is 0.968 bits per heavy atom. The third-order valence-corrected chi connectivity index (χ3v) is 4.87. The van der Waals surface area contributed by atoms with Crippen LogP contribution in [-0.2, 0) is 9.53 Å². The lowest BCUT2D eigenvalue weighted by molar-refractivity contribution is -0.385. The number of carbonyl (C=O) groups is 1. The predicted octanol–water partition coefficient (Wildman–Crippen LogP) is 2.58. The van der Waals surface area contributed by atoms with Crippen LogP contribution in [0.3, 0.4) is 0 Å². The van der Waals surface area contributed by atoms with Gasteiger partial charge in [-0.05, 0) is 23.8 Å². The number of amidine groups is 1. The molecule has 2 heterocycles. The van der Waals surface area contributed by atoms with Crippen LogP contribution in [-0.4, -0.2) is 52.8 Å². The number of non-ortho nitro benzene ring substituents is 2. The standard InChI is InChI=1S/C20H17N5O6/c26-20-18(13-14-2-1-3-17(12-14)25(29)30)19(22-8-10-31-11-9-22)21-23(20)15-4-6-16(7-5-15)24(27)28/h1-7,12-13H,8-11H2. The second-order valence-corrected chi connectivity index (χ2v) is 6.82. The summed E-state index contributed by atoms with van der Waals surface area (Å²) >= 11 is 0. The molecule has 0 aliphatic carbocycles. The Balaban J connectivity index is 1.73. The minimum absolute atomic E-state index is 0.0862. The van der Waals surface area contributed by atoms with E-state index in [0.29, 0.717) is 43.4 Å². The van der Waals surface area contributed by atoms with Gasteiger partial charge in [0.25, 0.3) is 17.3 Å². The molecule has 0 atom stereocenters. The summed E-state index contributed by atoms with van der Waals surface area (Å²) in [5.74, 6) is 0.00000919. The molecule has 11 nitrogen and oxygen atoms in total. The van der Waals surface area contributed by atoms with Crippen LogP contribution in [0.15, 0.2) is 59.2 Å². The zero-order chi connectivity index (χ0) is 22.0. The number of amides is 1. The molecule has 0 bridgehead atoms. The molecule has 31 heavy (non-hydrogen) atoms. The van der Waals surface area contributed by atoms with E-state index in [9.17, 15) is 25.0 Å². The minimum Gasteiger partial charge on any atom is -0.378 e. The number of carbonyl (C=O) groups excluding carboxylic acids is 1. The Morgan fingerprint density at radius 3 is 2.29 bits per heavy atom. The number of hydrazone groups is 1. The molecule has 158 valence electrons. The highest BCUT2D eigenvalue weighted by Crippen LogP contribution is 2.28. The van der Waals surface area contributed by atoms with E-state index in [4.69, 9.17) is 4.74 Å². The van der Waals surface area contributed by atoms with Gasteiger partial charge in [0.05, 0.1) is 34.3 Å². The van der Waals surface area contributed by atoms with Gasteiger partial charge in [-0.1, -0.05) is 12.1 Å². The van der Waals surface area contributed by atoms with E-state index in [1.807, 2.05) is 4.90 Å². The molecule has 2 aromatic rings. The first kappa shape index (κ1) is 20.2. The number of anilines is 1. The molecule has 1 amide bonds. The Labute approximate surface area is 176 Å². The van der Waals surface area contributed by atoms with Crippen molar-refractivity contribution in [2.45, 2.75) is 0 Å². The van der Waals surface area contributed by atoms with Crippen LogP contribution in [0.1, 0.15) is 5.56 Å². The van der Waals surface area contributed by atoms with Gasteiger partial charge in [-0.25, -0.2) is 0 Å². The molecule has 0 saturated carbocycles. The first-order chi connectivity index (χ1) is 14.9. The maximum atomic E-state index is 13.2. The van der Waals surface area contributed by atoms with E-state index < -0.39 is 15.8 Å². The summed E-state index contributed by atoms with van der Waals surface area (Å²) in [6, 6.07) is 11.5. The van der Waals surface area contributed by atoms with Crippen molar-refractivity contribution in [3.8, 4) is 0 Å². The number of benzene rings is 2. The summed E-state index contributed by atoms with van der Waals surface area (Å²) in [7, 11) is 0. The number of nitrogens with zero attached hydrogens (tertiary/aromatic N) is 5. The highest BCUT2D eigenvalue weighted by atomic mass is 16.6. The van der Waals surface area contributed by atoms with Crippen molar-refractivity contribution in [2.24, 2.45) is 5.10 Å². The molecule has 4 rings (SSSR count). The number of morpholine rings is 1. The summed E-state index contributed by atoms with van der Waals surface area (Å²) in [5, 5.41) is 27.7. The Kier molecular flexibility index (Phi) is 5.41. The normalized spacial score (nSPS) is 17.7. The van der Waals surface area contributed by atoms with Crippen molar-refractivity contribution in [1.82, 2.24) is 4.90 Å². The summed E-state index contributed by atoms with van der Waals surface area (Å²) in [4.78, 5) is 36.1. The highest BCUT2D eigenvalue weighted by molar-refractivity contribution is 6.32. The zero-order valence-electron chi connectivity index (χ0n) is 16.2. The summed E-state index contributed by atoms with van der Waals surface area (Å²) in [5.41, 5.74) is 0.964. The smallest absolute Gasteiger partial charge is 0.282 e. The van der Waals surface area contributed by atoms with Gasteiger partial charge in [-0.15, -0.1) is 5.10 Å². The third kappa shape index (κ3) is 4.12. The minimum atomic E-state index is -0.522. The molecule has 2 aliphatic heterocycles. The van der Waals surface area contributed by atoms with Gasteiger partial charge < -0.3 is 9.64 Å². The van der Waals surface area contributed by atoms with Crippen molar-refractivity contribution in [3.63, 3.8) is 0 Å². The Morgan fingerprint density at radius 2 is 1.65 bits per heavy atom. The average molecular weight is 423 g/mol. The maximum Gasteiger partial charge on any atom is 0.282 e. The van der Waals surface area contributed by atoms with Gasteiger partial charge in [0.2, 0.25) is 0 Å². The lowest BCUT2D eigenvalue weighted by atomic mass is 10.1. The molecular weight excluding hydrogens is 406 g/mol. The second kappa shape index (κ2) is 8.32. The van der Waals surface area contributed by atoms with E-state index in [1.54, 1.807) is 18.2 Å². The number of rotatable bonds is 4. The van der Waals surface area contributed by atoms with Crippen LogP contribution < -0.4 is 5.01 Å². The zero-order valence-corrected chi connectivity index (χ0v) is 16.2. The van der Waals surface area contributed by atoms with Gasteiger partial charge in [-0.2, -0.15) is 5.01 Å². The number of ether oxygens (including phenoxy) is 1. The van der Waals surface area contributed by atoms with Gasteiger partial charge in [0, 0.05) is 37.4 Å². The molecule has 1 saturated heterocycles. The van der Waals surface area contributed by atoms with Crippen LogP contribution in [0, 0.1) is 20.2 Å². The van der Waals surface area contributed by atoms with E-state index >= 15 is 0 Å². The van der Waals surface area contributed by atoms with Gasteiger partial charge in [0.1, 0.15) is 0 Å². The number of hydrogen-bond acceptors (Lipinski definition) is 8. The van der Waals surface area contributed by atoms with Crippen LogP contribution in [0.5, 0.6) is 0 Å². The van der Waals surface area contributed by atoms with Crippen molar-refractivity contribution in [3.05, 3.63) is 79.9 Å². The monoisotopic (exact) mass is 423 g/mol. The van der Waals surface area contributed by atoms with Gasteiger partial charge in [-0.3, -0.25) is 25.0 Å². The molecule has 2 aromatic carbocycles. The highest BCUT2D eigenvalue weighted by Gasteiger charge is 2.35. The van der Waals surface area contributed by atoms with E-state index in [-0.39, 0.29) is 16.9 Å². The largest absolute Gasteiger partial charge is 0.378 e. The van der Waals surface area contributed by atoms with E-state index in [1.165, 1.54) is 41.4 Å². The number of hydrogen-bond donors (Lipinski definition) is 0. The SMILES string of the molecule is O=C1C(=Cc2cccc([N+](=O)[O-])c2)C(N2CCOCC2)=NN1c1ccc([N+](=O)[O-])cc1. The molecule has 0 unspecified atom stereocenters. The average Bonchev–Trinajstić information content (AvgIpc) is 3.10. The molecule has 0 aromatic heterocycles. The lowest BCUT2D eigenvalue weighted by Gasteiger charge is -2.28. The van der Waals surface area contributed by atoms with Crippen LogP contribution in [0.2, 0.25) is 0 Å². The molecule has 2 aliphatic rings. The third-order valence-electron chi connectivity index (χ3n) is 4.87. The maximum absolute atomic E-state index is 13.2. The molecule has 0 N–H and O–H groups in total. The van der Waals surface area contributed by atoms with Crippen molar-refractivity contribution in [1.29, 1.82) is 0 Å². The fourth-order valence-electron chi connectivity index (χ4n) is 3.32. The summed E-state index contributed by atoms with van der Waals surface area (Å²) < 4.78 is 5.38. The Hall–Kier alpha value is -4.12. The second-order valence-electron chi connectivity index (χ2n) is 6.82. The molecular formula is C20H17N5O6. The van der Waals surface area contributed by atoms with Crippen LogP contribution in [0.4, 0.5) is 17.1 Å². The summed E-state index contributed by atoms with van der Waals surface area (Å²) in [6.07, 6.45) is 1.56. The number of nitro benzene ring substituents is 2. The fourth-order valence-corrected chi connectivity index (χ4v) is 3.32. The van der Waals surface area contributed by atoms with E-state index in [2.05, 4.69) is 5.10 Å².